The molecule has 0 bridgehead atoms. The summed E-state index contributed by atoms with van der Waals surface area (Å²) >= 11 is 0. The minimum atomic E-state index is -0.382. The van der Waals surface area contributed by atoms with Gasteiger partial charge < -0.3 is 5.73 Å². The molecule has 0 aromatic carbocycles. The van der Waals surface area contributed by atoms with E-state index in [1.165, 1.54) is 12.3 Å². The van der Waals surface area contributed by atoms with Crippen molar-refractivity contribution in [1.29, 1.82) is 0 Å². The normalized spacial score (nSPS) is 10.5. The zero-order chi connectivity index (χ0) is 8.43. The van der Waals surface area contributed by atoms with E-state index in [0.29, 0.717) is 5.69 Å². The summed E-state index contributed by atoms with van der Waals surface area (Å²) in [7, 11) is 0. The fraction of sp³-hybridized carbons (Fsp3) is 0.375. The molecule has 0 spiro atoms. The van der Waals surface area contributed by atoms with E-state index in [1.54, 1.807) is 0 Å². The number of nitrogens with zero attached hydrogens (tertiary/aromatic N) is 1. The van der Waals surface area contributed by atoms with Gasteiger partial charge in [-0.05, 0) is 5.92 Å². The summed E-state index contributed by atoms with van der Waals surface area (Å²) < 4.78 is 12.5. The van der Waals surface area contributed by atoms with E-state index >= 15 is 0 Å². The predicted molar refractivity (Wildman–Crippen MR) is 42.7 cm³/mol. The van der Waals surface area contributed by atoms with Crippen LogP contribution in [0.5, 0.6) is 0 Å². The molecule has 0 aliphatic carbocycles. The molecular formula is C8H11FN2. The first-order valence-electron chi connectivity index (χ1n) is 3.52. The molecule has 60 valence electrons. The lowest BCUT2D eigenvalue weighted by atomic mass is 10.1. The average Bonchev–Trinajstić information content (AvgIpc) is 1.85. The fourth-order valence-corrected chi connectivity index (χ4v) is 0.948. The molecule has 0 aliphatic heterocycles. The average molecular weight is 154 g/mol. The van der Waals surface area contributed by atoms with Crippen LogP contribution in [-0.4, -0.2) is 4.98 Å². The van der Waals surface area contributed by atoms with Crippen molar-refractivity contribution in [3.63, 3.8) is 0 Å². The third-order valence-electron chi connectivity index (χ3n) is 1.46. The van der Waals surface area contributed by atoms with E-state index in [9.17, 15) is 4.39 Å². The van der Waals surface area contributed by atoms with E-state index in [1.807, 2.05) is 13.8 Å². The number of hydrogen-bond donors (Lipinski definition) is 1. The summed E-state index contributed by atoms with van der Waals surface area (Å²) in [4.78, 5) is 3.88. The second-order valence-electron chi connectivity index (χ2n) is 2.78. The molecular weight excluding hydrogens is 143 g/mol. The lowest BCUT2D eigenvalue weighted by Gasteiger charge is -2.06. The van der Waals surface area contributed by atoms with E-state index in [0.717, 1.165) is 5.69 Å². The maximum Gasteiger partial charge on any atom is 0.143 e. The number of rotatable bonds is 1. The topological polar surface area (TPSA) is 38.9 Å². The molecule has 0 atom stereocenters. The van der Waals surface area contributed by atoms with Gasteiger partial charge in [-0.3, -0.25) is 4.98 Å². The van der Waals surface area contributed by atoms with Crippen LogP contribution in [0.3, 0.4) is 0 Å². The first-order valence-corrected chi connectivity index (χ1v) is 3.52. The molecule has 0 saturated heterocycles. The predicted octanol–water partition coefficient (Wildman–Crippen LogP) is 1.93. The van der Waals surface area contributed by atoms with E-state index < -0.39 is 0 Å². The summed E-state index contributed by atoms with van der Waals surface area (Å²) in [5.74, 6) is -0.137. The van der Waals surface area contributed by atoms with E-state index in [2.05, 4.69) is 4.98 Å². The van der Waals surface area contributed by atoms with Crippen LogP contribution in [0.1, 0.15) is 25.5 Å². The summed E-state index contributed by atoms with van der Waals surface area (Å²) in [5.41, 5.74) is 6.71. The Labute approximate surface area is 65.3 Å². The van der Waals surface area contributed by atoms with Gasteiger partial charge in [0.1, 0.15) is 5.82 Å². The summed E-state index contributed by atoms with van der Waals surface area (Å²) in [6.07, 6.45) is 1.19. The number of halogens is 1. The van der Waals surface area contributed by atoms with Crippen molar-refractivity contribution in [1.82, 2.24) is 4.98 Å². The highest BCUT2D eigenvalue weighted by atomic mass is 19.1. The van der Waals surface area contributed by atoms with Crippen molar-refractivity contribution in [3.8, 4) is 0 Å². The van der Waals surface area contributed by atoms with Crippen LogP contribution in [0, 0.1) is 5.82 Å². The molecule has 0 unspecified atom stereocenters. The molecule has 1 aromatic rings. The molecule has 0 amide bonds. The second-order valence-corrected chi connectivity index (χ2v) is 2.78. The van der Waals surface area contributed by atoms with Gasteiger partial charge in [0.25, 0.3) is 0 Å². The van der Waals surface area contributed by atoms with Gasteiger partial charge in [-0.25, -0.2) is 4.39 Å². The first-order chi connectivity index (χ1) is 5.11. The van der Waals surface area contributed by atoms with Gasteiger partial charge in [0.15, 0.2) is 0 Å². The Morgan fingerprint density at radius 2 is 2.18 bits per heavy atom. The highest BCUT2D eigenvalue weighted by molar-refractivity contribution is 5.43. The quantitative estimate of drug-likeness (QED) is 0.671. The third-order valence-corrected chi connectivity index (χ3v) is 1.46. The zero-order valence-corrected chi connectivity index (χ0v) is 6.63. The zero-order valence-electron chi connectivity index (χ0n) is 6.63. The Balaban J connectivity index is 3.09. The van der Waals surface area contributed by atoms with Gasteiger partial charge in [0, 0.05) is 6.07 Å². The van der Waals surface area contributed by atoms with Crippen LogP contribution in [0.4, 0.5) is 10.1 Å². The molecule has 1 rings (SSSR count). The van der Waals surface area contributed by atoms with Crippen LogP contribution in [0.2, 0.25) is 0 Å². The highest BCUT2D eigenvalue weighted by Gasteiger charge is 2.05. The molecule has 2 nitrogen and oxygen atoms in total. The number of aromatic nitrogens is 1. The standard InChI is InChI=1S/C8H11FN2/c1-5(2)8-7(10)3-6(9)4-11-8/h3-5H,10H2,1-2H3. The maximum absolute atomic E-state index is 12.5. The SMILES string of the molecule is CC(C)c1ncc(F)cc1N. The van der Waals surface area contributed by atoms with Crippen molar-refractivity contribution < 1.29 is 4.39 Å². The largest absolute Gasteiger partial charge is 0.397 e. The van der Waals surface area contributed by atoms with Gasteiger partial charge in [-0.2, -0.15) is 0 Å². The van der Waals surface area contributed by atoms with Crippen LogP contribution in [0.25, 0.3) is 0 Å². The van der Waals surface area contributed by atoms with Crippen molar-refractivity contribution in [2.45, 2.75) is 19.8 Å². The van der Waals surface area contributed by atoms with Gasteiger partial charge in [-0.1, -0.05) is 13.8 Å². The van der Waals surface area contributed by atoms with E-state index in [-0.39, 0.29) is 11.7 Å². The molecule has 1 heterocycles. The monoisotopic (exact) mass is 154 g/mol. The van der Waals surface area contributed by atoms with Crippen LogP contribution in [0.15, 0.2) is 12.3 Å². The summed E-state index contributed by atoms with van der Waals surface area (Å²) in [5, 5.41) is 0. The van der Waals surface area contributed by atoms with Crippen molar-refractivity contribution in [3.05, 3.63) is 23.8 Å². The Kier molecular flexibility index (Phi) is 2.08. The Morgan fingerprint density at radius 1 is 1.55 bits per heavy atom. The molecule has 0 saturated carbocycles. The second kappa shape index (κ2) is 2.86. The Morgan fingerprint density at radius 3 is 2.64 bits per heavy atom. The number of pyridine rings is 1. The molecule has 3 heteroatoms. The Bertz CT molecular complexity index is 258. The molecule has 1 aromatic heterocycles. The summed E-state index contributed by atoms with van der Waals surface area (Å²) in [6.45, 7) is 3.94. The Hall–Kier alpha value is -1.12. The number of nitrogen functional groups attached to an aromatic ring is 1. The maximum atomic E-state index is 12.5. The molecule has 0 aliphatic rings. The fourth-order valence-electron chi connectivity index (χ4n) is 0.948. The van der Waals surface area contributed by atoms with Gasteiger partial charge in [0.2, 0.25) is 0 Å². The lowest BCUT2D eigenvalue weighted by molar-refractivity contribution is 0.618. The minimum absolute atomic E-state index is 0.246. The van der Waals surface area contributed by atoms with Crippen molar-refractivity contribution in [2.75, 3.05) is 5.73 Å². The first kappa shape index (κ1) is 7.98. The third kappa shape index (κ3) is 1.67. The highest BCUT2D eigenvalue weighted by Crippen LogP contribution is 2.18. The van der Waals surface area contributed by atoms with Crippen molar-refractivity contribution >= 4 is 5.69 Å². The van der Waals surface area contributed by atoms with E-state index in [4.69, 9.17) is 5.73 Å². The molecule has 2 N–H and O–H groups in total. The minimum Gasteiger partial charge on any atom is -0.397 e. The molecule has 0 radical (unpaired) electrons. The number of nitrogens with two attached hydrogens (primary N) is 1. The van der Waals surface area contributed by atoms with Gasteiger partial charge >= 0.3 is 0 Å². The number of hydrogen-bond acceptors (Lipinski definition) is 2. The van der Waals surface area contributed by atoms with Gasteiger partial charge in [-0.15, -0.1) is 0 Å². The molecule has 11 heavy (non-hydrogen) atoms. The molecule has 0 fully saturated rings. The smallest absolute Gasteiger partial charge is 0.143 e. The summed E-state index contributed by atoms with van der Waals surface area (Å²) in [6, 6.07) is 1.29. The van der Waals surface area contributed by atoms with Crippen LogP contribution >= 0.6 is 0 Å². The lowest BCUT2D eigenvalue weighted by Crippen LogP contribution is -2.00. The van der Waals surface area contributed by atoms with Crippen LogP contribution in [-0.2, 0) is 0 Å². The van der Waals surface area contributed by atoms with Crippen molar-refractivity contribution in [2.24, 2.45) is 0 Å². The number of anilines is 1. The van der Waals surface area contributed by atoms with Gasteiger partial charge in [0.05, 0.1) is 17.6 Å². The van der Waals surface area contributed by atoms with Crippen LogP contribution < -0.4 is 5.73 Å².